The average Bonchev–Trinajstić information content (AvgIpc) is 2.54. The molecule has 1 amide bonds. The van der Waals surface area contributed by atoms with Crippen molar-refractivity contribution < 1.29 is 4.79 Å². The maximum Gasteiger partial charge on any atom is 0.251 e. The molecule has 4 bridgehead atoms. The number of halogens is 1. The van der Waals surface area contributed by atoms with Gasteiger partial charge in [0.05, 0.1) is 0 Å². The Morgan fingerprint density at radius 3 is 2.33 bits per heavy atom. The van der Waals surface area contributed by atoms with Crippen molar-refractivity contribution in [3.05, 3.63) is 33.8 Å². The summed E-state index contributed by atoms with van der Waals surface area (Å²) >= 11 is 3.66. The van der Waals surface area contributed by atoms with Gasteiger partial charge in [0.2, 0.25) is 0 Å². The van der Waals surface area contributed by atoms with Gasteiger partial charge in [-0.05, 0) is 98.7 Å². The molecule has 4 fully saturated rings. The lowest BCUT2D eigenvalue weighted by Gasteiger charge is -2.57. The van der Waals surface area contributed by atoms with E-state index < -0.39 is 0 Å². The molecule has 4 saturated carbocycles. The standard InChI is InChI=1S/C21H28BrNO/c1-23-20(24)18-5-4-17(19(22)10-18)3-2-6-21-11-14-7-15(12-21)9-16(8-14)13-21/h4-5,10,14-16H,2-3,6-9,11-13H2,1H3,(H,23,24). The molecule has 0 aromatic heterocycles. The van der Waals surface area contributed by atoms with Gasteiger partial charge in [-0.2, -0.15) is 0 Å². The van der Waals surface area contributed by atoms with E-state index in [0.29, 0.717) is 5.41 Å². The van der Waals surface area contributed by atoms with Crippen LogP contribution < -0.4 is 5.32 Å². The third-order valence-electron chi connectivity index (χ3n) is 6.86. The summed E-state index contributed by atoms with van der Waals surface area (Å²) in [4.78, 5) is 11.7. The molecule has 1 N–H and O–H groups in total. The highest BCUT2D eigenvalue weighted by molar-refractivity contribution is 9.10. The number of aryl methyl sites for hydroxylation is 1. The smallest absolute Gasteiger partial charge is 0.251 e. The van der Waals surface area contributed by atoms with Crippen molar-refractivity contribution in [3.8, 4) is 0 Å². The number of hydrogen-bond donors (Lipinski definition) is 1. The Morgan fingerprint density at radius 1 is 1.17 bits per heavy atom. The second-order valence-electron chi connectivity index (χ2n) is 8.66. The molecule has 0 atom stereocenters. The van der Waals surface area contributed by atoms with Crippen molar-refractivity contribution in [1.82, 2.24) is 5.32 Å². The molecular formula is C21H28BrNO. The van der Waals surface area contributed by atoms with E-state index in [1.165, 1.54) is 56.9 Å². The van der Waals surface area contributed by atoms with E-state index in [1.807, 2.05) is 12.1 Å². The first-order chi connectivity index (χ1) is 11.6. The lowest BCUT2D eigenvalue weighted by atomic mass is 9.48. The van der Waals surface area contributed by atoms with Gasteiger partial charge in [0.1, 0.15) is 0 Å². The van der Waals surface area contributed by atoms with Crippen LogP contribution in [0.5, 0.6) is 0 Å². The van der Waals surface area contributed by atoms with Gasteiger partial charge in [0.25, 0.3) is 5.91 Å². The first-order valence-corrected chi connectivity index (χ1v) is 10.4. The Balaban J connectivity index is 1.37. The van der Waals surface area contributed by atoms with Crippen molar-refractivity contribution in [2.24, 2.45) is 23.2 Å². The van der Waals surface area contributed by atoms with E-state index in [9.17, 15) is 4.79 Å². The van der Waals surface area contributed by atoms with E-state index >= 15 is 0 Å². The first-order valence-electron chi connectivity index (χ1n) is 9.57. The zero-order valence-corrected chi connectivity index (χ0v) is 16.2. The largest absolute Gasteiger partial charge is 0.355 e. The maximum atomic E-state index is 11.7. The minimum atomic E-state index is -0.0178. The fourth-order valence-electron chi connectivity index (χ4n) is 6.29. The summed E-state index contributed by atoms with van der Waals surface area (Å²) in [6, 6.07) is 6.02. The Morgan fingerprint density at radius 2 is 1.79 bits per heavy atom. The van der Waals surface area contributed by atoms with Crippen LogP contribution in [0, 0.1) is 23.2 Å². The molecule has 5 rings (SSSR count). The van der Waals surface area contributed by atoms with Crippen molar-refractivity contribution >= 4 is 21.8 Å². The molecule has 0 spiro atoms. The van der Waals surface area contributed by atoms with Gasteiger partial charge in [0, 0.05) is 17.1 Å². The van der Waals surface area contributed by atoms with Gasteiger partial charge in [-0.3, -0.25) is 4.79 Å². The van der Waals surface area contributed by atoms with E-state index in [0.717, 1.165) is 34.2 Å². The molecule has 2 nitrogen and oxygen atoms in total. The first kappa shape index (κ1) is 16.6. The summed E-state index contributed by atoms with van der Waals surface area (Å²) in [5.74, 6) is 3.13. The molecule has 1 aromatic carbocycles. The molecule has 1 aromatic rings. The SMILES string of the molecule is CNC(=O)c1ccc(CCCC23CC4CC(CC(C4)C2)C3)c(Br)c1. The van der Waals surface area contributed by atoms with E-state index in [-0.39, 0.29) is 5.91 Å². The van der Waals surface area contributed by atoms with Gasteiger partial charge in [-0.1, -0.05) is 22.0 Å². The minimum absolute atomic E-state index is 0.0178. The van der Waals surface area contributed by atoms with E-state index in [2.05, 4.69) is 27.3 Å². The summed E-state index contributed by atoms with van der Waals surface area (Å²) in [6.45, 7) is 0. The summed E-state index contributed by atoms with van der Waals surface area (Å²) < 4.78 is 1.08. The number of nitrogens with one attached hydrogen (secondary N) is 1. The lowest BCUT2D eigenvalue weighted by molar-refractivity contribution is -0.0580. The molecule has 0 saturated heterocycles. The molecule has 4 aliphatic carbocycles. The number of carbonyl (C=O) groups is 1. The second kappa shape index (κ2) is 6.48. The molecule has 130 valence electrons. The van der Waals surface area contributed by atoms with Gasteiger partial charge in [0.15, 0.2) is 0 Å². The highest BCUT2D eigenvalue weighted by Crippen LogP contribution is 2.61. The average molecular weight is 390 g/mol. The van der Waals surface area contributed by atoms with Crippen LogP contribution in [0.15, 0.2) is 22.7 Å². The Hall–Kier alpha value is -0.830. The predicted molar refractivity (Wildman–Crippen MR) is 101 cm³/mol. The van der Waals surface area contributed by atoms with Crippen LogP contribution in [-0.2, 0) is 6.42 Å². The fraction of sp³-hybridized carbons (Fsp3) is 0.667. The number of rotatable bonds is 5. The third-order valence-corrected chi connectivity index (χ3v) is 7.60. The van der Waals surface area contributed by atoms with Crippen LogP contribution in [-0.4, -0.2) is 13.0 Å². The van der Waals surface area contributed by atoms with Crippen molar-refractivity contribution in [2.45, 2.75) is 57.8 Å². The normalized spacial score (nSPS) is 33.7. The quantitative estimate of drug-likeness (QED) is 0.722. The summed E-state index contributed by atoms with van der Waals surface area (Å²) in [7, 11) is 1.68. The van der Waals surface area contributed by atoms with Crippen LogP contribution in [0.1, 0.15) is 67.3 Å². The number of carbonyl (C=O) groups excluding carboxylic acids is 1. The van der Waals surface area contributed by atoms with E-state index in [4.69, 9.17) is 0 Å². The summed E-state index contributed by atoms with van der Waals surface area (Å²) in [5, 5.41) is 2.69. The highest BCUT2D eigenvalue weighted by atomic mass is 79.9. The monoisotopic (exact) mass is 389 g/mol. The third kappa shape index (κ3) is 3.16. The Kier molecular flexibility index (Phi) is 4.49. The number of amides is 1. The zero-order valence-electron chi connectivity index (χ0n) is 14.6. The molecule has 0 unspecified atom stereocenters. The van der Waals surface area contributed by atoms with Crippen LogP contribution >= 0.6 is 15.9 Å². The number of hydrogen-bond acceptors (Lipinski definition) is 1. The van der Waals surface area contributed by atoms with E-state index in [1.54, 1.807) is 7.05 Å². The Labute approximate surface area is 153 Å². The van der Waals surface area contributed by atoms with Crippen molar-refractivity contribution in [1.29, 1.82) is 0 Å². The molecule has 24 heavy (non-hydrogen) atoms. The molecule has 0 aliphatic heterocycles. The zero-order chi connectivity index (χ0) is 16.7. The Bertz CT molecular complexity index is 603. The van der Waals surface area contributed by atoms with Gasteiger partial charge < -0.3 is 5.32 Å². The van der Waals surface area contributed by atoms with Crippen LogP contribution in [0.2, 0.25) is 0 Å². The minimum Gasteiger partial charge on any atom is -0.355 e. The molecule has 3 heteroatoms. The molecule has 4 aliphatic rings. The van der Waals surface area contributed by atoms with Gasteiger partial charge in [-0.25, -0.2) is 0 Å². The van der Waals surface area contributed by atoms with Gasteiger partial charge >= 0.3 is 0 Å². The van der Waals surface area contributed by atoms with Crippen LogP contribution in [0.3, 0.4) is 0 Å². The van der Waals surface area contributed by atoms with Gasteiger partial charge in [-0.15, -0.1) is 0 Å². The topological polar surface area (TPSA) is 29.1 Å². The molecule has 0 radical (unpaired) electrons. The lowest BCUT2D eigenvalue weighted by Crippen LogP contribution is -2.45. The fourth-order valence-corrected chi connectivity index (χ4v) is 6.86. The maximum absolute atomic E-state index is 11.7. The summed E-state index contributed by atoms with van der Waals surface area (Å²) in [6.07, 6.45) is 12.9. The van der Waals surface area contributed by atoms with Crippen molar-refractivity contribution in [3.63, 3.8) is 0 Å². The second-order valence-corrected chi connectivity index (χ2v) is 9.51. The molecule has 0 heterocycles. The highest BCUT2D eigenvalue weighted by Gasteiger charge is 2.50. The summed E-state index contributed by atoms with van der Waals surface area (Å²) in [5.41, 5.74) is 2.75. The number of benzene rings is 1. The molecular weight excluding hydrogens is 362 g/mol. The van der Waals surface area contributed by atoms with Crippen LogP contribution in [0.4, 0.5) is 0 Å². The van der Waals surface area contributed by atoms with Crippen LogP contribution in [0.25, 0.3) is 0 Å². The van der Waals surface area contributed by atoms with Crippen molar-refractivity contribution in [2.75, 3.05) is 7.05 Å². The predicted octanol–water partition coefficient (Wildman–Crippen LogP) is 5.35.